The Morgan fingerprint density at radius 2 is 2.15 bits per heavy atom. The molecule has 3 aromatic rings. The molecular formula is C15H12N8O3. The van der Waals surface area contributed by atoms with Crippen LogP contribution in [0.15, 0.2) is 36.7 Å². The minimum Gasteiger partial charge on any atom is -0.471 e. The second-order valence-corrected chi connectivity index (χ2v) is 5.10. The van der Waals surface area contributed by atoms with Gasteiger partial charge in [-0.3, -0.25) is 10.1 Å². The van der Waals surface area contributed by atoms with Gasteiger partial charge in [0.2, 0.25) is 5.95 Å². The Morgan fingerprint density at radius 3 is 2.85 bits per heavy atom. The van der Waals surface area contributed by atoms with E-state index in [9.17, 15) is 15.4 Å². The fraction of sp³-hybridized carbons (Fsp3) is 0.0667. The van der Waals surface area contributed by atoms with Crippen molar-refractivity contribution in [3.05, 3.63) is 52.3 Å². The van der Waals surface area contributed by atoms with Crippen molar-refractivity contribution in [2.45, 2.75) is 6.73 Å². The van der Waals surface area contributed by atoms with Gasteiger partial charge in [-0.1, -0.05) is 12.1 Å². The molecule has 0 aliphatic rings. The molecule has 0 spiro atoms. The second-order valence-electron chi connectivity index (χ2n) is 5.10. The third-order valence-electron chi connectivity index (χ3n) is 3.37. The van der Waals surface area contributed by atoms with Crippen molar-refractivity contribution < 1.29 is 9.66 Å². The van der Waals surface area contributed by atoms with Crippen molar-refractivity contribution in [3.8, 4) is 23.1 Å². The summed E-state index contributed by atoms with van der Waals surface area (Å²) < 4.78 is 6.85. The number of nitrogen functional groups attached to an aromatic ring is 2. The Balaban J connectivity index is 1.85. The summed E-state index contributed by atoms with van der Waals surface area (Å²) in [6.07, 6.45) is 2.38. The fourth-order valence-electron chi connectivity index (χ4n) is 2.21. The number of benzene rings is 1. The van der Waals surface area contributed by atoms with E-state index in [1.807, 2.05) is 6.07 Å². The number of hydrogen-bond acceptors (Lipinski definition) is 9. The van der Waals surface area contributed by atoms with Crippen molar-refractivity contribution in [3.63, 3.8) is 0 Å². The lowest BCUT2D eigenvalue weighted by atomic mass is 10.1. The number of anilines is 2. The van der Waals surface area contributed by atoms with Crippen LogP contribution in [0.2, 0.25) is 0 Å². The van der Waals surface area contributed by atoms with Crippen LogP contribution in [0, 0.1) is 21.4 Å². The molecule has 0 radical (unpaired) electrons. The predicted molar refractivity (Wildman–Crippen MR) is 90.5 cm³/mol. The average Bonchev–Trinajstić information content (AvgIpc) is 3.09. The second kappa shape index (κ2) is 6.73. The molecule has 3 rings (SSSR count). The number of nitrogens with two attached hydrogens (primary N) is 2. The first kappa shape index (κ1) is 16.7. The molecule has 0 saturated heterocycles. The molecule has 26 heavy (non-hydrogen) atoms. The quantitative estimate of drug-likeness (QED) is 0.507. The maximum atomic E-state index is 10.7. The molecule has 0 aliphatic heterocycles. The Labute approximate surface area is 146 Å². The van der Waals surface area contributed by atoms with Crippen LogP contribution < -0.4 is 16.2 Å². The van der Waals surface area contributed by atoms with Crippen LogP contribution >= 0.6 is 0 Å². The van der Waals surface area contributed by atoms with Crippen molar-refractivity contribution >= 4 is 17.5 Å². The highest BCUT2D eigenvalue weighted by Crippen LogP contribution is 2.28. The Morgan fingerprint density at radius 1 is 1.35 bits per heavy atom. The van der Waals surface area contributed by atoms with Gasteiger partial charge in [-0.2, -0.15) is 15.3 Å². The molecule has 11 heteroatoms. The highest BCUT2D eigenvalue weighted by atomic mass is 16.6. The number of hydrogen-bond donors (Lipinski definition) is 2. The number of rotatable bonds is 5. The molecule has 2 aromatic heterocycles. The zero-order valence-corrected chi connectivity index (χ0v) is 13.2. The molecular weight excluding hydrogens is 340 g/mol. The number of nitro groups is 1. The number of nitrogens with zero attached hydrogens (tertiary/aromatic N) is 6. The summed E-state index contributed by atoms with van der Waals surface area (Å²) in [6.45, 7) is -0.0313. The number of aromatic nitrogens is 4. The predicted octanol–water partition coefficient (Wildman–Crippen LogP) is 1.32. The van der Waals surface area contributed by atoms with Crippen molar-refractivity contribution in [2.75, 3.05) is 11.5 Å². The summed E-state index contributed by atoms with van der Waals surface area (Å²) in [5, 5.41) is 23.8. The normalized spacial score (nSPS) is 10.3. The lowest BCUT2D eigenvalue weighted by Gasteiger charge is -2.09. The van der Waals surface area contributed by atoms with Crippen LogP contribution in [-0.2, 0) is 6.73 Å². The summed E-state index contributed by atoms with van der Waals surface area (Å²) in [5.41, 5.74) is 12.2. The van der Waals surface area contributed by atoms with E-state index in [0.29, 0.717) is 11.3 Å². The standard InChI is InChI=1S/C15H12N8O3/c16-5-12-13(20-15(18)21-14(12)17)9-2-1-3-11(4-9)26-8-22-7-10(6-19-22)23(24)25/h1-4,6-7H,8H2,(H4,17,18,20,21). The van der Waals surface area contributed by atoms with E-state index in [1.54, 1.807) is 24.3 Å². The van der Waals surface area contributed by atoms with E-state index in [1.165, 1.54) is 10.9 Å². The van der Waals surface area contributed by atoms with E-state index < -0.39 is 4.92 Å². The maximum absolute atomic E-state index is 10.7. The van der Waals surface area contributed by atoms with Crippen LogP contribution in [0.4, 0.5) is 17.5 Å². The Kier molecular flexibility index (Phi) is 4.31. The van der Waals surface area contributed by atoms with E-state index in [-0.39, 0.29) is 35.4 Å². The summed E-state index contributed by atoms with van der Waals surface area (Å²) in [6, 6.07) is 8.69. The molecule has 130 valence electrons. The van der Waals surface area contributed by atoms with Crippen LogP contribution in [-0.4, -0.2) is 24.7 Å². The largest absolute Gasteiger partial charge is 0.471 e. The molecule has 0 aliphatic carbocycles. The molecule has 1 aromatic carbocycles. The molecule has 0 amide bonds. The monoisotopic (exact) mass is 352 g/mol. The lowest BCUT2D eigenvalue weighted by Crippen LogP contribution is -2.06. The Hall–Kier alpha value is -4.20. The molecule has 11 nitrogen and oxygen atoms in total. The number of ether oxygens (including phenoxy) is 1. The number of nitriles is 1. The van der Waals surface area contributed by atoms with Gasteiger partial charge in [0.25, 0.3) is 0 Å². The van der Waals surface area contributed by atoms with Gasteiger partial charge in [0.1, 0.15) is 35.6 Å². The van der Waals surface area contributed by atoms with Crippen molar-refractivity contribution in [2.24, 2.45) is 0 Å². The Bertz CT molecular complexity index is 1020. The molecule has 0 saturated carbocycles. The van der Waals surface area contributed by atoms with Gasteiger partial charge in [0.05, 0.1) is 10.6 Å². The zero-order valence-electron chi connectivity index (χ0n) is 13.2. The molecule has 4 N–H and O–H groups in total. The smallest absolute Gasteiger partial charge is 0.307 e. The van der Waals surface area contributed by atoms with Gasteiger partial charge >= 0.3 is 5.69 Å². The summed E-state index contributed by atoms with van der Waals surface area (Å²) >= 11 is 0. The SMILES string of the molecule is N#Cc1c(N)nc(N)nc1-c1cccc(OCn2cc([N+](=O)[O-])cn2)c1. The zero-order chi connectivity index (χ0) is 18.7. The minimum atomic E-state index is -0.544. The third-order valence-corrected chi connectivity index (χ3v) is 3.37. The van der Waals surface area contributed by atoms with Crippen LogP contribution in [0.3, 0.4) is 0 Å². The van der Waals surface area contributed by atoms with E-state index >= 15 is 0 Å². The summed E-state index contributed by atoms with van der Waals surface area (Å²) in [7, 11) is 0. The first-order valence-electron chi connectivity index (χ1n) is 7.21. The first-order valence-corrected chi connectivity index (χ1v) is 7.21. The maximum Gasteiger partial charge on any atom is 0.307 e. The molecule has 0 bridgehead atoms. The highest BCUT2D eigenvalue weighted by Gasteiger charge is 2.14. The van der Waals surface area contributed by atoms with Crippen LogP contribution in [0.25, 0.3) is 11.3 Å². The van der Waals surface area contributed by atoms with Crippen LogP contribution in [0.1, 0.15) is 5.56 Å². The van der Waals surface area contributed by atoms with Gasteiger partial charge in [-0.25, -0.2) is 9.67 Å². The van der Waals surface area contributed by atoms with Gasteiger partial charge in [-0.15, -0.1) is 0 Å². The van der Waals surface area contributed by atoms with Gasteiger partial charge in [-0.05, 0) is 12.1 Å². The molecule has 0 atom stereocenters. The molecule has 0 unspecified atom stereocenters. The van der Waals surface area contributed by atoms with Crippen molar-refractivity contribution in [1.29, 1.82) is 5.26 Å². The lowest BCUT2D eigenvalue weighted by molar-refractivity contribution is -0.385. The van der Waals surface area contributed by atoms with Gasteiger partial charge < -0.3 is 16.2 Å². The van der Waals surface area contributed by atoms with Gasteiger partial charge in [0, 0.05) is 5.56 Å². The topological polar surface area (TPSA) is 172 Å². The molecule has 2 heterocycles. The molecule has 0 fully saturated rings. The summed E-state index contributed by atoms with van der Waals surface area (Å²) in [5.74, 6) is 0.386. The average molecular weight is 352 g/mol. The summed E-state index contributed by atoms with van der Waals surface area (Å²) in [4.78, 5) is 18.0. The van der Waals surface area contributed by atoms with Crippen LogP contribution in [0.5, 0.6) is 5.75 Å². The third kappa shape index (κ3) is 3.34. The van der Waals surface area contributed by atoms with E-state index in [2.05, 4.69) is 15.1 Å². The van der Waals surface area contributed by atoms with E-state index in [4.69, 9.17) is 16.2 Å². The fourth-order valence-corrected chi connectivity index (χ4v) is 2.21. The van der Waals surface area contributed by atoms with Crippen molar-refractivity contribution in [1.82, 2.24) is 19.7 Å². The van der Waals surface area contributed by atoms with Gasteiger partial charge in [0.15, 0.2) is 6.73 Å². The minimum absolute atomic E-state index is 0.00910. The highest BCUT2D eigenvalue weighted by molar-refractivity contribution is 5.73. The van der Waals surface area contributed by atoms with E-state index in [0.717, 1.165) is 6.20 Å². The first-order chi connectivity index (χ1) is 12.5.